The van der Waals surface area contributed by atoms with Gasteiger partial charge >= 0.3 is 17.1 Å². The number of hydrogen-bond donors (Lipinski definition) is 5. The van der Waals surface area contributed by atoms with E-state index in [2.05, 4.69) is 25.7 Å². The number of fused-ring (bicyclic) bond motifs is 1. The SMILES string of the molecule is CON=C(C(=O)NC1C(=O)N2C(C(=O)O)=C(C=CSc3n[nH]c(=O)c(=O)n3CCN)CSC12)c1csc(N)n1. The molecule has 39 heavy (non-hydrogen) atoms. The predicted octanol–water partition coefficient (Wildman–Crippen LogP) is -1.68. The minimum Gasteiger partial charge on any atom is -0.477 e. The number of carboxylic acids is 1. The summed E-state index contributed by atoms with van der Waals surface area (Å²) in [5.74, 6) is -2.48. The number of aromatic nitrogens is 4. The van der Waals surface area contributed by atoms with Gasteiger partial charge in [0.2, 0.25) is 0 Å². The fourth-order valence-corrected chi connectivity index (χ4v) is 6.30. The molecule has 0 saturated carbocycles. The van der Waals surface area contributed by atoms with Crippen molar-refractivity contribution in [2.24, 2.45) is 10.9 Å². The molecule has 2 unspecified atom stereocenters. The number of amides is 2. The zero-order valence-electron chi connectivity index (χ0n) is 20.0. The van der Waals surface area contributed by atoms with Gasteiger partial charge in [-0.3, -0.25) is 28.6 Å². The van der Waals surface area contributed by atoms with E-state index in [1.807, 2.05) is 0 Å². The quantitative estimate of drug-likeness (QED) is 0.0679. The molecule has 2 aliphatic heterocycles. The van der Waals surface area contributed by atoms with Crippen molar-refractivity contribution in [3.63, 3.8) is 0 Å². The zero-order valence-corrected chi connectivity index (χ0v) is 22.5. The molecule has 0 bridgehead atoms. The largest absolute Gasteiger partial charge is 0.477 e. The molecule has 206 valence electrons. The van der Waals surface area contributed by atoms with Crippen molar-refractivity contribution in [3.8, 4) is 0 Å². The van der Waals surface area contributed by atoms with Crippen LogP contribution in [0.25, 0.3) is 0 Å². The zero-order chi connectivity index (χ0) is 28.3. The number of hydrogen-bond acceptors (Lipinski definition) is 14. The van der Waals surface area contributed by atoms with Gasteiger partial charge < -0.3 is 26.7 Å². The van der Waals surface area contributed by atoms with E-state index in [0.29, 0.717) is 5.57 Å². The number of allylic oxidation sites excluding steroid dienone is 1. The number of nitrogen functional groups attached to an aromatic ring is 1. The molecule has 2 atom stereocenters. The van der Waals surface area contributed by atoms with E-state index < -0.39 is 40.3 Å². The third-order valence-electron chi connectivity index (χ3n) is 5.37. The maximum atomic E-state index is 13.0. The fourth-order valence-electron chi connectivity index (χ4n) is 3.68. The summed E-state index contributed by atoms with van der Waals surface area (Å²) in [7, 11) is 1.25. The van der Waals surface area contributed by atoms with Gasteiger partial charge in [-0.25, -0.2) is 14.9 Å². The van der Waals surface area contributed by atoms with E-state index in [4.69, 9.17) is 16.3 Å². The van der Waals surface area contributed by atoms with Crippen LogP contribution in [0, 0.1) is 0 Å². The van der Waals surface area contributed by atoms with Gasteiger partial charge in [0.25, 0.3) is 11.8 Å². The Kier molecular flexibility index (Phi) is 8.53. The highest BCUT2D eigenvalue weighted by atomic mass is 32.2. The number of nitrogens with one attached hydrogen (secondary N) is 2. The average Bonchev–Trinajstić information content (AvgIpc) is 3.34. The Hall–Kier alpha value is -3.94. The molecule has 2 aromatic rings. The minimum atomic E-state index is -1.33. The van der Waals surface area contributed by atoms with Gasteiger partial charge in [-0.1, -0.05) is 16.9 Å². The molecule has 0 radical (unpaired) electrons. The van der Waals surface area contributed by atoms with Crippen molar-refractivity contribution in [2.45, 2.75) is 23.1 Å². The smallest absolute Gasteiger partial charge is 0.352 e. The molecule has 0 spiro atoms. The van der Waals surface area contributed by atoms with Gasteiger partial charge in [0.1, 0.15) is 29.9 Å². The summed E-state index contributed by atoms with van der Waals surface area (Å²) in [6.45, 7) is 0.161. The van der Waals surface area contributed by atoms with Crippen molar-refractivity contribution in [2.75, 3.05) is 25.1 Å². The molecule has 0 aliphatic carbocycles. The number of thiazole rings is 1. The summed E-state index contributed by atoms with van der Waals surface area (Å²) in [6, 6.07) is -1.01. The standard InChI is InChI=1S/C20H21N9O7S3/c1-36-27-10(9-7-39-19(22)23-9)13(30)24-11-15(32)29-12(18(34)35)8(6-38-17(11)29)2-5-37-20-26-25-14(31)16(33)28(20)4-3-21/h2,5,7,11,17H,3-4,6,21H2,1H3,(H2,22,23)(H,24,30)(H,25,31)(H,34,35). The predicted molar refractivity (Wildman–Crippen MR) is 143 cm³/mol. The van der Waals surface area contributed by atoms with E-state index in [0.717, 1.165) is 32.6 Å². The Bertz CT molecular complexity index is 1530. The number of aliphatic carboxylic acids is 1. The highest BCUT2D eigenvalue weighted by molar-refractivity contribution is 8.02. The van der Waals surface area contributed by atoms with Crippen LogP contribution < -0.4 is 27.9 Å². The second kappa shape index (κ2) is 11.8. The van der Waals surface area contributed by atoms with Gasteiger partial charge in [-0.2, -0.15) is 0 Å². The summed E-state index contributed by atoms with van der Waals surface area (Å²) in [5.41, 5.74) is 9.50. The molecule has 19 heteroatoms. The summed E-state index contributed by atoms with van der Waals surface area (Å²) >= 11 is 3.31. The lowest BCUT2D eigenvalue weighted by atomic mass is 10.0. The van der Waals surface area contributed by atoms with Crippen LogP contribution in [-0.2, 0) is 25.8 Å². The van der Waals surface area contributed by atoms with Crippen LogP contribution in [0.15, 0.2) is 48.0 Å². The van der Waals surface area contributed by atoms with E-state index in [1.165, 1.54) is 35.7 Å². The van der Waals surface area contributed by atoms with Crippen molar-refractivity contribution >= 4 is 63.5 Å². The number of carbonyl (C=O) groups is 3. The first-order valence-electron chi connectivity index (χ1n) is 10.9. The average molecular weight is 596 g/mol. The number of nitrogens with zero attached hydrogens (tertiary/aromatic N) is 5. The van der Waals surface area contributed by atoms with Gasteiger partial charge in [-0.15, -0.1) is 28.2 Å². The van der Waals surface area contributed by atoms with Gasteiger partial charge in [-0.05, 0) is 17.1 Å². The van der Waals surface area contributed by atoms with Crippen molar-refractivity contribution in [3.05, 3.63) is 54.5 Å². The monoisotopic (exact) mass is 595 g/mol. The first-order valence-corrected chi connectivity index (χ1v) is 13.8. The van der Waals surface area contributed by atoms with Crippen molar-refractivity contribution in [1.29, 1.82) is 0 Å². The highest BCUT2D eigenvalue weighted by Crippen LogP contribution is 2.41. The molecule has 2 amide bonds. The van der Waals surface area contributed by atoms with Crippen molar-refractivity contribution < 1.29 is 24.3 Å². The van der Waals surface area contributed by atoms with Crippen LogP contribution in [0.4, 0.5) is 5.13 Å². The van der Waals surface area contributed by atoms with E-state index in [1.54, 1.807) is 0 Å². The number of carbonyl (C=O) groups excluding carboxylic acids is 2. The highest BCUT2D eigenvalue weighted by Gasteiger charge is 2.54. The molecule has 2 aliphatic rings. The second-order valence-corrected chi connectivity index (χ2v) is 10.6. The molecule has 1 saturated heterocycles. The number of rotatable bonds is 10. The third kappa shape index (κ3) is 5.60. The van der Waals surface area contributed by atoms with Crippen LogP contribution in [-0.4, -0.2) is 84.1 Å². The normalized spacial score (nSPS) is 19.2. The lowest BCUT2D eigenvalue weighted by Crippen LogP contribution is -2.71. The molecule has 4 heterocycles. The van der Waals surface area contributed by atoms with Gasteiger partial charge in [0, 0.05) is 24.2 Å². The maximum absolute atomic E-state index is 13.0. The number of aromatic amines is 1. The first-order chi connectivity index (χ1) is 18.7. The molecule has 2 aromatic heterocycles. The Morgan fingerprint density at radius 2 is 2.18 bits per heavy atom. The second-order valence-electron chi connectivity index (χ2n) is 7.73. The molecular formula is C20H21N9O7S3. The van der Waals surface area contributed by atoms with Crippen LogP contribution in [0.5, 0.6) is 0 Å². The number of carboxylic acid groups (broad SMARTS) is 1. The Morgan fingerprint density at radius 3 is 2.82 bits per heavy atom. The third-order valence-corrected chi connectivity index (χ3v) is 8.14. The summed E-state index contributed by atoms with van der Waals surface area (Å²) < 4.78 is 1.11. The van der Waals surface area contributed by atoms with Crippen LogP contribution in [0.3, 0.4) is 0 Å². The molecular weight excluding hydrogens is 574 g/mol. The van der Waals surface area contributed by atoms with Gasteiger partial charge in [0.05, 0.1) is 0 Å². The Labute approximate surface area is 231 Å². The topological polar surface area (TPSA) is 241 Å². The van der Waals surface area contributed by atoms with Crippen LogP contribution in [0.1, 0.15) is 5.69 Å². The first kappa shape index (κ1) is 28.1. The molecule has 7 N–H and O–H groups in total. The Balaban J connectivity index is 1.52. The summed E-state index contributed by atoms with van der Waals surface area (Å²) in [6.07, 6.45) is 1.48. The molecule has 4 rings (SSSR count). The molecule has 1 fully saturated rings. The van der Waals surface area contributed by atoms with Gasteiger partial charge in [0.15, 0.2) is 16.0 Å². The number of oxime groups is 1. The fraction of sp³-hybridized carbons (Fsp3) is 0.300. The Morgan fingerprint density at radius 1 is 1.41 bits per heavy atom. The van der Waals surface area contributed by atoms with Crippen LogP contribution >= 0.6 is 34.9 Å². The number of β-lactam (4-membered cyclic amide) rings is 1. The maximum Gasteiger partial charge on any atom is 0.352 e. The number of thioether (sulfide) groups is 2. The summed E-state index contributed by atoms with van der Waals surface area (Å²) in [4.78, 5) is 71.4. The van der Waals surface area contributed by atoms with E-state index in [-0.39, 0.29) is 46.2 Å². The van der Waals surface area contributed by atoms with E-state index in [9.17, 15) is 29.1 Å². The number of anilines is 1. The van der Waals surface area contributed by atoms with E-state index >= 15 is 0 Å². The molecule has 0 aromatic carbocycles. The molecule has 16 nitrogen and oxygen atoms in total. The summed E-state index contributed by atoms with van der Waals surface area (Å²) in [5, 5.41) is 24.8. The number of nitrogens with two attached hydrogens (primary N) is 2. The number of H-pyrrole nitrogens is 1. The lowest BCUT2D eigenvalue weighted by Gasteiger charge is -2.49. The van der Waals surface area contributed by atoms with Crippen molar-refractivity contribution in [1.82, 2.24) is 30.0 Å². The van der Waals surface area contributed by atoms with Crippen LogP contribution in [0.2, 0.25) is 0 Å². The minimum absolute atomic E-state index is 0.0641. The lowest BCUT2D eigenvalue weighted by molar-refractivity contribution is -0.150.